The van der Waals surface area contributed by atoms with E-state index in [0.717, 1.165) is 0 Å². The van der Waals surface area contributed by atoms with Crippen molar-refractivity contribution in [3.8, 4) is 11.8 Å². The first-order chi connectivity index (χ1) is 15.8. The lowest BCUT2D eigenvalue weighted by Crippen LogP contribution is -2.49. The lowest BCUT2D eigenvalue weighted by Gasteiger charge is -2.21. The highest BCUT2D eigenvalue weighted by atomic mass is 19.1. The van der Waals surface area contributed by atoms with E-state index in [4.69, 9.17) is 10.2 Å². The number of nitrogen functional groups attached to an aromatic ring is 1. The number of halogens is 1. The Hall–Kier alpha value is -4.13. The number of hydrogen-bond acceptors (Lipinski definition) is 6. The van der Waals surface area contributed by atoms with Gasteiger partial charge in [0.05, 0.1) is 17.6 Å². The molecule has 0 aliphatic rings. The fourth-order valence-electron chi connectivity index (χ4n) is 3.29. The first-order valence-corrected chi connectivity index (χ1v) is 10.5. The summed E-state index contributed by atoms with van der Waals surface area (Å²) in [7, 11) is 0. The third-order valence-corrected chi connectivity index (χ3v) is 5.05. The summed E-state index contributed by atoms with van der Waals surface area (Å²) >= 11 is 0. The van der Waals surface area contributed by atoms with Crippen molar-refractivity contribution < 1.29 is 18.4 Å². The third kappa shape index (κ3) is 5.57. The number of nitriles is 1. The highest BCUT2D eigenvalue weighted by Crippen LogP contribution is 2.21. The van der Waals surface area contributed by atoms with Crippen molar-refractivity contribution in [1.29, 1.82) is 5.26 Å². The summed E-state index contributed by atoms with van der Waals surface area (Å²) in [4.78, 5) is 24.8. The van der Waals surface area contributed by atoms with Crippen molar-refractivity contribution in [2.75, 3.05) is 12.3 Å². The van der Waals surface area contributed by atoms with Crippen LogP contribution in [0.25, 0.3) is 5.69 Å². The third-order valence-electron chi connectivity index (χ3n) is 5.05. The van der Waals surface area contributed by atoms with Crippen LogP contribution in [-0.4, -0.2) is 34.2 Å². The van der Waals surface area contributed by atoms with E-state index in [1.165, 1.54) is 41.3 Å². The predicted octanol–water partition coefficient (Wildman–Crippen LogP) is 2.56. The zero-order chi connectivity index (χ0) is 24.0. The van der Waals surface area contributed by atoms with Crippen LogP contribution in [0.15, 0.2) is 47.1 Å². The second kappa shape index (κ2) is 10.5. The number of nitrogens with one attached hydrogen (secondary N) is 2. The highest BCUT2D eigenvalue weighted by Gasteiger charge is 2.25. The van der Waals surface area contributed by atoms with Gasteiger partial charge in [-0.1, -0.05) is 13.8 Å². The number of carbonyl (C=O) groups is 2. The number of carbonyl (C=O) groups excluding carboxylic acids is 2. The zero-order valence-corrected chi connectivity index (χ0v) is 18.3. The fraction of sp³-hybridized carbons (Fsp3) is 0.304. The molecular weight excluding hydrogens is 427 g/mol. The summed E-state index contributed by atoms with van der Waals surface area (Å²) in [6.07, 6.45) is 2.28. The van der Waals surface area contributed by atoms with Gasteiger partial charge in [0.1, 0.15) is 29.3 Å². The molecule has 2 heterocycles. The number of anilines is 1. The molecule has 9 nitrogen and oxygen atoms in total. The second-order valence-corrected chi connectivity index (χ2v) is 7.77. The number of aromatic nitrogens is 2. The maximum absolute atomic E-state index is 13.2. The molecule has 1 unspecified atom stereocenters. The molecule has 2 amide bonds. The molecule has 0 saturated heterocycles. The van der Waals surface area contributed by atoms with Gasteiger partial charge in [0.15, 0.2) is 5.76 Å². The van der Waals surface area contributed by atoms with Crippen molar-refractivity contribution in [3.05, 3.63) is 65.5 Å². The van der Waals surface area contributed by atoms with Gasteiger partial charge in [0.25, 0.3) is 5.91 Å². The molecule has 0 spiro atoms. The summed E-state index contributed by atoms with van der Waals surface area (Å²) in [5, 5.41) is 19.4. The zero-order valence-electron chi connectivity index (χ0n) is 18.3. The number of nitrogens with zero attached hydrogens (tertiary/aromatic N) is 3. The van der Waals surface area contributed by atoms with Gasteiger partial charge >= 0.3 is 0 Å². The van der Waals surface area contributed by atoms with Gasteiger partial charge in [-0.25, -0.2) is 9.07 Å². The van der Waals surface area contributed by atoms with Crippen molar-refractivity contribution >= 4 is 17.6 Å². The number of nitrogens with two attached hydrogens (primary N) is 1. The molecule has 0 saturated carbocycles. The summed E-state index contributed by atoms with van der Waals surface area (Å²) in [5.41, 5.74) is 7.34. The molecular formula is C23H25FN6O3. The van der Waals surface area contributed by atoms with Crippen LogP contribution in [0.3, 0.4) is 0 Å². The van der Waals surface area contributed by atoms with Crippen molar-refractivity contribution in [2.24, 2.45) is 5.92 Å². The van der Waals surface area contributed by atoms with Crippen molar-refractivity contribution in [2.45, 2.75) is 32.7 Å². The van der Waals surface area contributed by atoms with E-state index in [0.29, 0.717) is 30.8 Å². The molecule has 4 N–H and O–H groups in total. The standard InChI is InChI=1S/C23H25FN6O3/c1-14(2)20(28-22(31)19-6-4-12-33-19)23(32)27-11-3-5-18-17(13-25)21(26)30(29-18)16-9-7-15(24)8-10-16/h4,6-10,12,14,20H,3,5,11,26H2,1-2H3,(H,27,32)(H,28,31). The lowest BCUT2D eigenvalue weighted by atomic mass is 10.0. The van der Waals surface area contributed by atoms with Gasteiger partial charge in [-0.3, -0.25) is 9.59 Å². The molecule has 0 radical (unpaired) electrons. The Balaban J connectivity index is 1.59. The molecule has 0 aliphatic carbocycles. The number of rotatable bonds is 9. The maximum Gasteiger partial charge on any atom is 0.287 e. The summed E-state index contributed by atoms with van der Waals surface area (Å²) in [5.74, 6) is -1.01. The number of amides is 2. The van der Waals surface area contributed by atoms with Crippen LogP contribution >= 0.6 is 0 Å². The van der Waals surface area contributed by atoms with Gasteiger partial charge in [-0.05, 0) is 55.2 Å². The Kier molecular flexibility index (Phi) is 7.46. The average molecular weight is 452 g/mol. The number of benzene rings is 1. The lowest BCUT2D eigenvalue weighted by molar-refractivity contribution is -0.123. The molecule has 0 aliphatic heterocycles. The van der Waals surface area contributed by atoms with Gasteiger partial charge in [-0.15, -0.1) is 0 Å². The van der Waals surface area contributed by atoms with Crippen LogP contribution in [0.1, 0.15) is 42.1 Å². The first kappa shape index (κ1) is 23.5. The highest BCUT2D eigenvalue weighted by molar-refractivity contribution is 5.95. The SMILES string of the molecule is CC(C)C(NC(=O)c1ccco1)C(=O)NCCCc1nn(-c2ccc(F)cc2)c(N)c1C#N. The maximum atomic E-state index is 13.2. The number of hydrogen-bond donors (Lipinski definition) is 3. The minimum Gasteiger partial charge on any atom is -0.459 e. The predicted molar refractivity (Wildman–Crippen MR) is 119 cm³/mol. The molecule has 3 aromatic rings. The van der Waals surface area contributed by atoms with E-state index >= 15 is 0 Å². The minimum atomic E-state index is -0.731. The Bertz CT molecular complexity index is 1150. The van der Waals surface area contributed by atoms with Gasteiger partial charge in [0.2, 0.25) is 5.91 Å². The average Bonchev–Trinajstić information content (AvgIpc) is 3.43. The van der Waals surface area contributed by atoms with E-state index in [2.05, 4.69) is 21.8 Å². The van der Waals surface area contributed by atoms with E-state index < -0.39 is 11.9 Å². The van der Waals surface area contributed by atoms with Crippen LogP contribution in [0.2, 0.25) is 0 Å². The van der Waals surface area contributed by atoms with E-state index in [1.54, 1.807) is 6.07 Å². The minimum absolute atomic E-state index is 0.131. The molecule has 1 atom stereocenters. The smallest absolute Gasteiger partial charge is 0.287 e. The molecule has 172 valence electrons. The molecule has 10 heteroatoms. The van der Waals surface area contributed by atoms with Crippen LogP contribution in [0.4, 0.5) is 10.2 Å². The largest absolute Gasteiger partial charge is 0.459 e. The van der Waals surface area contributed by atoms with Gasteiger partial charge in [-0.2, -0.15) is 10.4 Å². The number of furan rings is 1. The Morgan fingerprint density at radius 3 is 2.61 bits per heavy atom. The van der Waals surface area contributed by atoms with Crippen LogP contribution < -0.4 is 16.4 Å². The summed E-state index contributed by atoms with van der Waals surface area (Å²) < 4.78 is 19.7. The van der Waals surface area contributed by atoms with Crippen LogP contribution in [0.5, 0.6) is 0 Å². The van der Waals surface area contributed by atoms with Crippen LogP contribution in [0, 0.1) is 23.1 Å². The van der Waals surface area contributed by atoms with Gasteiger partial charge < -0.3 is 20.8 Å². The molecule has 0 fully saturated rings. The fourth-order valence-corrected chi connectivity index (χ4v) is 3.29. The summed E-state index contributed by atoms with van der Waals surface area (Å²) in [6, 6.07) is 10.1. The topological polar surface area (TPSA) is 139 Å². The quantitative estimate of drug-likeness (QED) is 0.427. The molecule has 0 bridgehead atoms. The molecule has 3 rings (SSSR count). The molecule has 2 aromatic heterocycles. The Morgan fingerprint density at radius 2 is 2.00 bits per heavy atom. The van der Waals surface area contributed by atoms with Crippen LogP contribution in [-0.2, 0) is 11.2 Å². The Labute approximate surface area is 190 Å². The van der Waals surface area contributed by atoms with Crippen molar-refractivity contribution in [3.63, 3.8) is 0 Å². The van der Waals surface area contributed by atoms with E-state index in [9.17, 15) is 19.2 Å². The van der Waals surface area contributed by atoms with E-state index in [-0.39, 0.29) is 34.8 Å². The monoisotopic (exact) mass is 452 g/mol. The normalized spacial score (nSPS) is 11.7. The number of aryl methyl sites for hydroxylation is 1. The van der Waals surface area contributed by atoms with Gasteiger partial charge in [0, 0.05) is 6.54 Å². The van der Waals surface area contributed by atoms with E-state index in [1.807, 2.05) is 13.8 Å². The van der Waals surface area contributed by atoms with Crippen molar-refractivity contribution in [1.82, 2.24) is 20.4 Å². The second-order valence-electron chi connectivity index (χ2n) is 7.77. The molecule has 33 heavy (non-hydrogen) atoms. The Morgan fingerprint density at radius 1 is 1.27 bits per heavy atom. The molecule has 1 aromatic carbocycles. The summed E-state index contributed by atoms with van der Waals surface area (Å²) in [6.45, 7) is 3.97. The first-order valence-electron chi connectivity index (χ1n) is 10.5.